The fraction of sp³-hybridized carbons (Fsp3) is 0.200. The van der Waals surface area contributed by atoms with E-state index in [1.807, 2.05) is 53.6 Å². The number of amides is 1. The van der Waals surface area contributed by atoms with Crippen LogP contribution in [0.4, 0.5) is 0 Å². The number of carbonyl (C=O) groups excluding carboxylic acids is 1. The number of para-hydroxylation sites is 1. The van der Waals surface area contributed by atoms with Crippen molar-refractivity contribution in [2.75, 3.05) is 19.7 Å². The molecule has 3 heterocycles. The molecule has 1 aliphatic rings. The Bertz CT molecular complexity index is 915. The predicted molar refractivity (Wildman–Crippen MR) is 97.2 cm³/mol. The largest absolute Gasteiger partial charge is 0.484 e. The number of ether oxygens (including phenoxy) is 1. The monoisotopic (exact) mass is 333 g/mol. The Morgan fingerprint density at radius 1 is 1.20 bits per heavy atom. The SMILES string of the molecule is O=C(COc1ccccc1)N1CC=C(c2c[nH]c3cccnc23)CC1. The number of fused-ring (bicyclic) bond motifs is 1. The van der Waals surface area contributed by atoms with Gasteiger partial charge >= 0.3 is 0 Å². The van der Waals surface area contributed by atoms with Gasteiger partial charge in [-0.3, -0.25) is 9.78 Å². The van der Waals surface area contributed by atoms with Gasteiger partial charge in [0.15, 0.2) is 6.61 Å². The fourth-order valence-electron chi connectivity index (χ4n) is 3.09. The first-order chi connectivity index (χ1) is 12.3. The van der Waals surface area contributed by atoms with Gasteiger partial charge in [-0.2, -0.15) is 0 Å². The van der Waals surface area contributed by atoms with Crippen LogP contribution in [0.3, 0.4) is 0 Å². The number of H-pyrrole nitrogens is 1. The van der Waals surface area contributed by atoms with E-state index in [1.165, 1.54) is 5.57 Å². The summed E-state index contributed by atoms with van der Waals surface area (Å²) >= 11 is 0. The first kappa shape index (κ1) is 15.4. The maximum atomic E-state index is 12.3. The molecule has 0 saturated carbocycles. The number of hydrogen-bond acceptors (Lipinski definition) is 3. The van der Waals surface area contributed by atoms with Crippen LogP contribution in [-0.4, -0.2) is 40.5 Å². The highest BCUT2D eigenvalue weighted by Crippen LogP contribution is 2.27. The van der Waals surface area contributed by atoms with E-state index in [2.05, 4.69) is 16.0 Å². The molecule has 0 spiro atoms. The third-order valence-corrected chi connectivity index (χ3v) is 4.45. The Balaban J connectivity index is 1.41. The third kappa shape index (κ3) is 3.26. The van der Waals surface area contributed by atoms with Gasteiger partial charge in [-0.05, 0) is 36.3 Å². The molecule has 1 N–H and O–H groups in total. The van der Waals surface area contributed by atoms with Gasteiger partial charge in [-0.15, -0.1) is 0 Å². The second-order valence-electron chi connectivity index (χ2n) is 6.02. The minimum Gasteiger partial charge on any atom is -0.484 e. The van der Waals surface area contributed by atoms with Gasteiger partial charge in [0.1, 0.15) is 5.75 Å². The number of nitrogens with one attached hydrogen (secondary N) is 1. The zero-order valence-electron chi connectivity index (χ0n) is 13.8. The molecule has 0 atom stereocenters. The highest BCUT2D eigenvalue weighted by atomic mass is 16.5. The lowest BCUT2D eigenvalue weighted by Gasteiger charge is -2.26. The molecule has 0 radical (unpaired) electrons. The minimum absolute atomic E-state index is 0.0104. The second kappa shape index (κ2) is 6.81. The topological polar surface area (TPSA) is 58.2 Å². The molecule has 0 aliphatic carbocycles. The standard InChI is InChI=1S/C20H19N3O2/c24-19(14-25-16-5-2-1-3-6-16)23-11-8-15(9-12-23)17-13-22-18-7-4-10-21-20(17)18/h1-8,10,13,22H,9,11-12,14H2. The zero-order valence-corrected chi connectivity index (χ0v) is 13.8. The van der Waals surface area contributed by atoms with Crippen molar-refractivity contribution in [2.45, 2.75) is 6.42 Å². The number of rotatable bonds is 4. The van der Waals surface area contributed by atoms with Crippen molar-refractivity contribution in [1.29, 1.82) is 0 Å². The Hall–Kier alpha value is -3.08. The summed E-state index contributed by atoms with van der Waals surface area (Å²) in [5.74, 6) is 0.727. The zero-order chi connectivity index (χ0) is 17.1. The Labute approximate surface area is 145 Å². The first-order valence-electron chi connectivity index (χ1n) is 8.38. The van der Waals surface area contributed by atoms with Crippen LogP contribution in [0.25, 0.3) is 16.6 Å². The van der Waals surface area contributed by atoms with Crippen molar-refractivity contribution in [3.63, 3.8) is 0 Å². The normalized spacial score (nSPS) is 14.4. The molecular formula is C20H19N3O2. The van der Waals surface area contributed by atoms with E-state index in [-0.39, 0.29) is 12.5 Å². The number of benzene rings is 1. The van der Waals surface area contributed by atoms with E-state index in [1.54, 1.807) is 6.20 Å². The summed E-state index contributed by atoms with van der Waals surface area (Å²) in [4.78, 5) is 21.9. The van der Waals surface area contributed by atoms with Gasteiger partial charge < -0.3 is 14.6 Å². The molecule has 5 heteroatoms. The maximum Gasteiger partial charge on any atom is 0.260 e. The van der Waals surface area contributed by atoms with E-state index in [4.69, 9.17) is 4.74 Å². The number of pyridine rings is 1. The van der Waals surface area contributed by atoms with Gasteiger partial charge in [0.05, 0.1) is 11.0 Å². The van der Waals surface area contributed by atoms with Crippen LogP contribution in [0.2, 0.25) is 0 Å². The minimum atomic E-state index is 0.0104. The molecule has 5 nitrogen and oxygen atoms in total. The second-order valence-corrected chi connectivity index (χ2v) is 6.02. The molecule has 1 aromatic carbocycles. The van der Waals surface area contributed by atoms with Gasteiger partial charge in [-0.25, -0.2) is 0 Å². The molecule has 1 aliphatic heterocycles. The van der Waals surface area contributed by atoms with Crippen molar-refractivity contribution in [2.24, 2.45) is 0 Å². The fourth-order valence-corrected chi connectivity index (χ4v) is 3.09. The molecule has 0 saturated heterocycles. The average molecular weight is 333 g/mol. The lowest BCUT2D eigenvalue weighted by Crippen LogP contribution is -2.37. The molecule has 4 rings (SSSR count). The molecule has 3 aromatic rings. The number of carbonyl (C=O) groups is 1. The van der Waals surface area contributed by atoms with E-state index in [0.717, 1.165) is 23.0 Å². The predicted octanol–water partition coefficient (Wildman–Crippen LogP) is 3.26. The third-order valence-electron chi connectivity index (χ3n) is 4.45. The van der Waals surface area contributed by atoms with Crippen molar-refractivity contribution in [3.8, 4) is 5.75 Å². The van der Waals surface area contributed by atoms with Crippen molar-refractivity contribution in [1.82, 2.24) is 14.9 Å². The lowest BCUT2D eigenvalue weighted by atomic mass is 10.0. The maximum absolute atomic E-state index is 12.3. The van der Waals surface area contributed by atoms with Crippen LogP contribution in [0.15, 0.2) is 60.9 Å². The highest BCUT2D eigenvalue weighted by molar-refractivity contribution is 5.90. The van der Waals surface area contributed by atoms with Crippen LogP contribution in [-0.2, 0) is 4.79 Å². The van der Waals surface area contributed by atoms with Crippen molar-refractivity contribution >= 4 is 22.5 Å². The molecule has 2 aromatic heterocycles. The molecule has 1 amide bonds. The Morgan fingerprint density at radius 3 is 2.88 bits per heavy atom. The van der Waals surface area contributed by atoms with Gasteiger partial charge in [0.25, 0.3) is 5.91 Å². The van der Waals surface area contributed by atoms with Crippen LogP contribution < -0.4 is 4.74 Å². The van der Waals surface area contributed by atoms with E-state index in [9.17, 15) is 4.79 Å². The van der Waals surface area contributed by atoms with Crippen molar-refractivity contribution < 1.29 is 9.53 Å². The summed E-state index contributed by atoms with van der Waals surface area (Å²) in [6.45, 7) is 1.37. The molecule has 126 valence electrons. The van der Waals surface area contributed by atoms with Crippen molar-refractivity contribution in [3.05, 3.63) is 66.5 Å². The van der Waals surface area contributed by atoms with E-state index < -0.39 is 0 Å². The molecule has 0 bridgehead atoms. The lowest BCUT2D eigenvalue weighted by molar-refractivity contribution is -0.132. The van der Waals surface area contributed by atoms with Gasteiger partial charge in [-0.1, -0.05) is 24.3 Å². The summed E-state index contributed by atoms with van der Waals surface area (Å²) in [5, 5.41) is 0. The smallest absolute Gasteiger partial charge is 0.260 e. The highest BCUT2D eigenvalue weighted by Gasteiger charge is 2.20. The summed E-state index contributed by atoms with van der Waals surface area (Å²) in [6, 6.07) is 13.4. The molecule has 0 fully saturated rings. The van der Waals surface area contributed by atoms with Crippen LogP contribution in [0, 0.1) is 0 Å². The summed E-state index contributed by atoms with van der Waals surface area (Å²) in [7, 11) is 0. The quantitative estimate of drug-likeness (QED) is 0.797. The molecule has 0 unspecified atom stereocenters. The summed E-state index contributed by atoms with van der Waals surface area (Å²) in [5.41, 5.74) is 4.38. The first-order valence-corrected chi connectivity index (χ1v) is 8.38. The number of aromatic nitrogens is 2. The average Bonchev–Trinajstić information content (AvgIpc) is 3.11. The molecule has 25 heavy (non-hydrogen) atoms. The van der Waals surface area contributed by atoms with Gasteiger partial charge in [0, 0.05) is 31.0 Å². The van der Waals surface area contributed by atoms with Crippen LogP contribution in [0.1, 0.15) is 12.0 Å². The number of nitrogens with zero attached hydrogens (tertiary/aromatic N) is 2. The number of aromatic amines is 1. The Kier molecular flexibility index (Phi) is 4.21. The van der Waals surface area contributed by atoms with Crippen LogP contribution in [0.5, 0.6) is 5.75 Å². The van der Waals surface area contributed by atoms with E-state index >= 15 is 0 Å². The summed E-state index contributed by atoms with van der Waals surface area (Å²) < 4.78 is 5.55. The molecular weight excluding hydrogens is 314 g/mol. The van der Waals surface area contributed by atoms with Crippen LogP contribution >= 0.6 is 0 Å². The van der Waals surface area contributed by atoms with Gasteiger partial charge in [0.2, 0.25) is 0 Å². The van der Waals surface area contributed by atoms with E-state index in [0.29, 0.717) is 18.8 Å². The summed E-state index contributed by atoms with van der Waals surface area (Å²) in [6.07, 6.45) is 6.74. The number of hydrogen-bond donors (Lipinski definition) is 1. The Morgan fingerprint density at radius 2 is 2.08 bits per heavy atom.